The molecule has 1 unspecified atom stereocenters. The maximum atomic E-state index is 3.54. The van der Waals surface area contributed by atoms with Crippen LogP contribution < -0.4 is 5.19 Å². The fourth-order valence-corrected chi connectivity index (χ4v) is 4.66. The zero-order chi connectivity index (χ0) is 22.7. The fourth-order valence-electron chi connectivity index (χ4n) is 2.92. The molecular formula is C31H30PtSi. The third-order valence-corrected chi connectivity index (χ3v) is 6.42. The summed E-state index contributed by atoms with van der Waals surface area (Å²) < 4.78 is 0. The van der Waals surface area contributed by atoms with E-state index < -0.39 is 0 Å². The molecule has 0 saturated heterocycles. The standard InChI is InChI=1S/C13H15Si.3C6H5.Pt/c1-10-8-11(2)13(9-10)14-12-6-4-3-5-7-12;3*1-2-4-6-5-3-1;/h3-8,10H,14H2,1-2H3;3*1-5H;/q4*-1;+4. The number of hydrogen-bond donors (Lipinski definition) is 0. The number of benzene rings is 4. The van der Waals surface area contributed by atoms with Gasteiger partial charge in [0, 0.05) is 9.52 Å². The maximum absolute atomic E-state index is 3.54. The molecule has 0 bridgehead atoms. The molecule has 4 aromatic carbocycles. The van der Waals surface area contributed by atoms with E-state index >= 15 is 0 Å². The van der Waals surface area contributed by atoms with E-state index in [1.165, 1.54) is 16.0 Å². The minimum Gasteiger partial charge on any atom is -0.270 e. The summed E-state index contributed by atoms with van der Waals surface area (Å²) in [5.41, 5.74) is 1.45. The fraction of sp³-hybridized carbons (Fsp3) is 0.0968. The molecular weight excluding hydrogens is 596 g/mol. The second-order valence-electron chi connectivity index (χ2n) is 7.16. The molecule has 0 radical (unpaired) electrons. The van der Waals surface area contributed by atoms with Crippen LogP contribution in [-0.4, -0.2) is 9.52 Å². The van der Waals surface area contributed by atoms with Crippen LogP contribution in [0, 0.1) is 30.2 Å². The summed E-state index contributed by atoms with van der Waals surface area (Å²) in [6.45, 7) is 4.41. The van der Waals surface area contributed by atoms with E-state index in [4.69, 9.17) is 0 Å². The minimum absolute atomic E-state index is 0. The average molecular weight is 626 g/mol. The summed E-state index contributed by atoms with van der Waals surface area (Å²) >= 11 is 0. The number of hydrogen-bond acceptors (Lipinski definition) is 0. The number of allylic oxidation sites excluding steroid dienone is 4. The topological polar surface area (TPSA) is 0 Å². The Hall–Kier alpha value is -2.73. The third-order valence-electron chi connectivity index (χ3n) is 4.42. The van der Waals surface area contributed by atoms with E-state index in [-0.39, 0.29) is 30.6 Å². The van der Waals surface area contributed by atoms with Gasteiger partial charge in [-0.15, -0.1) is 6.92 Å². The molecule has 1 aliphatic rings. The Balaban J connectivity index is 0.000000240. The van der Waals surface area contributed by atoms with Crippen molar-refractivity contribution in [1.29, 1.82) is 0 Å². The van der Waals surface area contributed by atoms with E-state index in [0.717, 1.165) is 0 Å². The summed E-state index contributed by atoms with van der Waals surface area (Å²) in [6.07, 6.45) is 5.85. The average Bonchev–Trinajstić information content (AvgIpc) is 3.20. The Bertz CT molecular complexity index is 843. The molecule has 168 valence electrons. The minimum atomic E-state index is -0.277. The first kappa shape index (κ1) is 28.3. The van der Waals surface area contributed by atoms with Crippen molar-refractivity contribution in [2.75, 3.05) is 0 Å². The molecule has 1 atom stereocenters. The van der Waals surface area contributed by atoms with Crippen molar-refractivity contribution in [1.82, 2.24) is 0 Å². The largest absolute Gasteiger partial charge is 4.00 e. The Morgan fingerprint density at radius 1 is 0.606 bits per heavy atom. The molecule has 0 aliphatic heterocycles. The van der Waals surface area contributed by atoms with Gasteiger partial charge < -0.3 is 0 Å². The quantitative estimate of drug-likeness (QED) is 0.183. The summed E-state index contributed by atoms with van der Waals surface area (Å²) in [4.78, 5) is 0. The summed E-state index contributed by atoms with van der Waals surface area (Å²) in [5, 5.41) is 3.01. The van der Waals surface area contributed by atoms with Crippen molar-refractivity contribution in [3.05, 3.63) is 162 Å². The molecule has 0 nitrogen and oxygen atoms in total. The zero-order valence-corrected chi connectivity index (χ0v) is 22.9. The molecule has 5 rings (SSSR count). The van der Waals surface area contributed by atoms with Crippen LogP contribution in [0.2, 0.25) is 0 Å². The zero-order valence-electron chi connectivity index (χ0n) is 19.2. The van der Waals surface area contributed by atoms with Crippen molar-refractivity contribution in [3.63, 3.8) is 0 Å². The van der Waals surface area contributed by atoms with Crippen LogP contribution in [0.25, 0.3) is 0 Å². The first-order chi connectivity index (χ1) is 15.8. The predicted octanol–water partition coefficient (Wildman–Crippen LogP) is 6.22. The first-order valence-electron chi connectivity index (χ1n) is 10.8. The van der Waals surface area contributed by atoms with E-state index in [2.05, 4.69) is 74.5 Å². The van der Waals surface area contributed by atoms with Crippen molar-refractivity contribution in [2.45, 2.75) is 13.8 Å². The van der Waals surface area contributed by atoms with Crippen molar-refractivity contribution < 1.29 is 21.1 Å². The second kappa shape index (κ2) is 18.8. The van der Waals surface area contributed by atoms with Gasteiger partial charge in [0.1, 0.15) is 0 Å². The molecule has 4 aromatic rings. The van der Waals surface area contributed by atoms with Gasteiger partial charge in [-0.3, -0.25) is 6.08 Å². The van der Waals surface area contributed by atoms with E-state index in [9.17, 15) is 0 Å². The number of rotatable bonds is 2. The molecule has 2 heteroatoms. The van der Waals surface area contributed by atoms with E-state index in [0.29, 0.717) is 5.92 Å². The Morgan fingerprint density at radius 3 is 1.27 bits per heavy atom. The van der Waals surface area contributed by atoms with Crippen LogP contribution in [0.3, 0.4) is 0 Å². The summed E-state index contributed by atoms with van der Waals surface area (Å²) in [7, 11) is -0.277. The SMILES string of the molecule is CC1=CC(C)[C-]=C1[SiH2]c1ccccc1.[Pt+4].[c-]1ccccc1.[c-]1ccccc1.[c-]1ccccc1. The van der Waals surface area contributed by atoms with Crippen molar-refractivity contribution in [3.8, 4) is 0 Å². The molecule has 0 aromatic heterocycles. The third kappa shape index (κ3) is 14.1. The Morgan fingerprint density at radius 2 is 1.00 bits per heavy atom. The molecule has 0 amide bonds. The van der Waals surface area contributed by atoms with Crippen LogP contribution in [-0.2, 0) is 21.1 Å². The molecule has 0 fully saturated rings. The van der Waals surface area contributed by atoms with Crippen LogP contribution in [0.5, 0.6) is 0 Å². The molecule has 0 spiro atoms. The van der Waals surface area contributed by atoms with Crippen LogP contribution in [0.15, 0.2) is 138 Å². The molecule has 1 aliphatic carbocycles. The second-order valence-corrected chi connectivity index (χ2v) is 9.03. The predicted molar refractivity (Wildman–Crippen MR) is 140 cm³/mol. The van der Waals surface area contributed by atoms with Gasteiger partial charge in [-0.2, -0.15) is 115 Å². The molecule has 33 heavy (non-hydrogen) atoms. The van der Waals surface area contributed by atoms with Gasteiger partial charge in [0.25, 0.3) is 0 Å². The first-order valence-corrected chi connectivity index (χ1v) is 12.3. The normalized spacial score (nSPS) is 13.5. The van der Waals surface area contributed by atoms with Crippen LogP contribution in [0.1, 0.15) is 13.8 Å². The van der Waals surface area contributed by atoms with Crippen LogP contribution in [0.4, 0.5) is 0 Å². The van der Waals surface area contributed by atoms with E-state index in [1.807, 2.05) is 91.0 Å². The monoisotopic (exact) mass is 625 g/mol. The van der Waals surface area contributed by atoms with Gasteiger partial charge in [-0.05, 0) is 0 Å². The molecule has 0 saturated carbocycles. The Labute approximate surface area is 217 Å². The van der Waals surface area contributed by atoms with Gasteiger partial charge >= 0.3 is 21.1 Å². The summed E-state index contributed by atoms with van der Waals surface area (Å²) in [5.74, 6) is 0.529. The van der Waals surface area contributed by atoms with Crippen molar-refractivity contribution in [2.24, 2.45) is 5.92 Å². The van der Waals surface area contributed by atoms with Gasteiger partial charge in [0.2, 0.25) is 0 Å². The van der Waals surface area contributed by atoms with Gasteiger partial charge in [-0.1, -0.05) is 48.4 Å². The van der Waals surface area contributed by atoms with Gasteiger partial charge in [-0.25, -0.2) is 10.8 Å². The van der Waals surface area contributed by atoms with Crippen LogP contribution >= 0.6 is 0 Å². The Kier molecular flexibility index (Phi) is 16.1. The van der Waals surface area contributed by atoms with Crippen molar-refractivity contribution >= 4 is 14.7 Å². The maximum Gasteiger partial charge on any atom is 4.00 e. The molecule has 0 heterocycles. The molecule has 0 N–H and O–H groups in total. The summed E-state index contributed by atoms with van der Waals surface area (Å²) in [6, 6.07) is 48.3. The van der Waals surface area contributed by atoms with Gasteiger partial charge in [0.15, 0.2) is 0 Å². The smallest absolute Gasteiger partial charge is 0.270 e. The van der Waals surface area contributed by atoms with Gasteiger partial charge in [0.05, 0.1) is 0 Å². The van der Waals surface area contributed by atoms with E-state index in [1.54, 1.807) is 0 Å².